The fraction of sp³-hybridized carbons (Fsp3) is 0.375. The van der Waals surface area contributed by atoms with E-state index in [1.165, 1.54) is 24.2 Å². The molecule has 0 aliphatic rings. The van der Waals surface area contributed by atoms with Gasteiger partial charge in [0.1, 0.15) is 0 Å². The van der Waals surface area contributed by atoms with Crippen LogP contribution < -0.4 is 0 Å². The summed E-state index contributed by atoms with van der Waals surface area (Å²) in [6.07, 6.45) is 9.35. The minimum absolute atomic E-state index is 1.08. The SMILES string of the molecule is CCCCC/C=C(/C#Cc1ccccc1)SC. The van der Waals surface area contributed by atoms with E-state index in [1.54, 1.807) is 11.8 Å². The van der Waals surface area contributed by atoms with Gasteiger partial charge in [0.25, 0.3) is 0 Å². The fourth-order valence-electron chi connectivity index (χ4n) is 1.47. The third-order valence-corrected chi connectivity index (χ3v) is 3.17. The van der Waals surface area contributed by atoms with Crippen LogP contribution in [0.3, 0.4) is 0 Å². The minimum atomic E-state index is 1.08. The molecule has 1 aromatic rings. The van der Waals surface area contributed by atoms with Gasteiger partial charge in [-0.25, -0.2) is 0 Å². The van der Waals surface area contributed by atoms with Crippen molar-refractivity contribution in [2.45, 2.75) is 32.6 Å². The summed E-state index contributed by atoms with van der Waals surface area (Å²) in [4.78, 5) is 1.19. The Kier molecular flexibility index (Phi) is 7.34. The van der Waals surface area contributed by atoms with Crippen molar-refractivity contribution in [3.8, 4) is 11.8 Å². The third-order valence-electron chi connectivity index (χ3n) is 2.46. The molecule has 1 heteroatoms. The molecule has 0 saturated carbocycles. The smallest absolute Gasteiger partial charge is 0.0534 e. The van der Waals surface area contributed by atoms with Crippen molar-refractivity contribution in [3.63, 3.8) is 0 Å². The van der Waals surface area contributed by atoms with E-state index in [2.05, 4.69) is 31.1 Å². The van der Waals surface area contributed by atoms with Crippen LogP contribution >= 0.6 is 11.8 Å². The van der Waals surface area contributed by atoms with E-state index in [1.807, 2.05) is 30.3 Å². The molecule has 90 valence electrons. The van der Waals surface area contributed by atoms with Crippen molar-refractivity contribution in [2.24, 2.45) is 0 Å². The molecule has 0 aliphatic heterocycles. The van der Waals surface area contributed by atoms with E-state index in [4.69, 9.17) is 0 Å². The van der Waals surface area contributed by atoms with Gasteiger partial charge in [-0.2, -0.15) is 0 Å². The van der Waals surface area contributed by atoms with Gasteiger partial charge >= 0.3 is 0 Å². The van der Waals surface area contributed by atoms with Crippen LogP contribution in [0.4, 0.5) is 0 Å². The summed E-state index contributed by atoms with van der Waals surface area (Å²) < 4.78 is 0. The maximum absolute atomic E-state index is 3.24. The highest BCUT2D eigenvalue weighted by Crippen LogP contribution is 2.13. The van der Waals surface area contributed by atoms with Gasteiger partial charge < -0.3 is 0 Å². The van der Waals surface area contributed by atoms with Gasteiger partial charge in [0.05, 0.1) is 4.91 Å². The van der Waals surface area contributed by atoms with Crippen LogP contribution in [0.5, 0.6) is 0 Å². The number of rotatable bonds is 5. The monoisotopic (exact) mass is 244 g/mol. The Morgan fingerprint density at radius 3 is 2.65 bits per heavy atom. The predicted molar refractivity (Wildman–Crippen MR) is 79.1 cm³/mol. The highest BCUT2D eigenvalue weighted by Gasteiger charge is 1.90. The number of unbranched alkanes of at least 4 members (excludes halogenated alkanes) is 3. The first-order chi connectivity index (χ1) is 8.36. The van der Waals surface area contributed by atoms with Crippen LogP contribution in [-0.4, -0.2) is 6.26 Å². The topological polar surface area (TPSA) is 0 Å². The van der Waals surface area contributed by atoms with Crippen LogP contribution in [0.15, 0.2) is 41.3 Å². The standard InChI is InChI=1S/C16H20S/c1-3-4-5-9-12-16(17-2)14-13-15-10-7-6-8-11-15/h6-8,10-12H,3-5,9H2,1-2H3/b16-12-. The Bertz CT molecular complexity index is 393. The highest BCUT2D eigenvalue weighted by atomic mass is 32.2. The molecule has 0 aliphatic carbocycles. The average Bonchev–Trinajstić information content (AvgIpc) is 2.39. The van der Waals surface area contributed by atoms with Crippen LogP contribution in [0.25, 0.3) is 0 Å². The molecule has 0 N–H and O–H groups in total. The Balaban J connectivity index is 2.55. The summed E-state index contributed by atoms with van der Waals surface area (Å²) in [5, 5.41) is 0. The zero-order valence-corrected chi connectivity index (χ0v) is 11.5. The number of allylic oxidation sites excluding steroid dienone is 2. The van der Waals surface area contributed by atoms with Crippen molar-refractivity contribution in [1.82, 2.24) is 0 Å². The second-order valence-corrected chi connectivity index (χ2v) is 4.73. The van der Waals surface area contributed by atoms with E-state index in [-0.39, 0.29) is 0 Å². The lowest BCUT2D eigenvalue weighted by molar-refractivity contribution is 0.729. The molecule has 0 fully saturated rings. The Hall–Kier alpha value is -1.13. The van der Waals surface area contributed by atoms with Gasteiger partial charge in [-0.05, 0) is 31.2 Å². The van der Waals surface area contributed by atoms with Crippen LogP contribution in [0, 0.1) is 11.8 Å². The number of thioether (sulfide) groups is 1. The summed E-state index contributed by atoms with van der Waals surface area (Å²) in [7, 11) is 0. The van der Waals surface area contributed by atoms with Gasteiger partial charge in [-0.3, -0.25) is 0 Å². The maximum atomic E-state index is 3.24. The van der Waals surface area contributed by atoms with Gasteiger partial charge in [0.2, 0.25) is 0 Å². The lowest BCUT2D eigenvalue weighted by Crippen LogP contribution is -1.76. The molecule has 1 aromatic carbocycles. The van der Waals surface area contributed by atoms with Gasteiger partial charge in [0, 0.05) is 5.56 Å². The van der Waals surface area contributed by atoms with Gasteiger partial charge in [-0.1, -0.05) is 55.9 Å². The van der Waals surface area contributed by atoms with Gasteiger partial charge in [0.15, 0.2) is 0 Å². The summed E-state index contributed by atoms with van der Waals surface area (Å²) in [6.45, 7) is 2.23. The zero-order chi connectivity index (χ0) is 12.3. The molecule has 0 radical (unpaired) electrons. The molecule has 0 spiro atoms. The molecule has 0 atom stereocenters. The molecule has 0 saturated heterocycles. The third kappa shape index (κ3) is 6.24. The predicted octanol–water partition coefficient (Wildman–Crippen LogP) is 4.87. The number of benzene rings is 1. The second-order valence-electron chi connectivity index (χ2n) is 3.88. The molecule has 0 aromatic heterocycles. The van der Waals surface area contributed by atoms with Crippen molar-refractivity contribution in [2.75, 3.05) is 6.26 Å². The fourth-order valence-corrected chi connectivity index (χ4v) is 1.91. The first-order valence-electron chi connectivity index (χ1n) is 6.18. The summed E-state index contributed by atoms with van der Waals surface area (Å²) in [5.74, 6) is 6.43. The van der Waals surface area contributed by atoms with Crippen molar-refractivity contribution < 1.29 is 0 Å². The lowest BCUT2D eigenvalue weighted by atomic mass is 10.2. The Labute approximate surface area is 110 Å². The second kappa shape index (κ2) is 8.96. The molecular formula is C16H20S. The Morgan fingerprint density at radius 1 is 1.24 bits per heavy atom. The maximum Gasteiger partial charge on any atom is 0.0534 e. The normalized spacial score (nSPS) is 10.8. The lowest BCUT2D eigenvalue weighted by Gasteiger charge is -1.95. The first-order valence-corrected chi connectivity index (χ1v) is 7.40. The highest BCUT2D eigenvalue weighted by molar-refractivity contribution is 8.02. The average molecular weight is 244 g/mol. The molecule has 0 heterocycles. The molecule has 0 bridgehead atoms. The van der Waals surface area contributed by atoms with E-state index in [9.17, 15) is 0 Å². The number of hydrogen-bond acceptors (Lipinski definition) is 1. The van der Waals surface area contributed by atoms with E-state index in [0.717, 1.165) is 12.0 Å². The zero-order valence-electron chi connectivity index (χ0n) is 10.7. The summed E-state index contributed by atoms with van der Waals surface area (Å²) in [6, 6.07) is 10.1. The molecule has 0 amide bonds. The van der Waals surface area contributed by atoms with E-state index < -0.39 is 0 Å². The number of hydrogen-bond donors (Lipinski definition) is 0. The molecule has 0 nitrogen and oxygen atoms in total. The summed E-state index contributed by atoms with van der Waals surface area (Å²) in [5.41, 5.74) is 1.08. The first kappa shape index (κ1) is 13.9. The van der Waals surface area contributed by atoms with Crippen LogP contribution in [-0.2, 0) is 0 Å². The van der Waals surface area contributed by atoms with Crippen molar-refractivity contribution in [3.05, 3.63) is 46.9 Å². The molecular weight excluding hydrogens is 224 g/mol. The quantitative estimate of drug-likeness (QED) is 0.526. The van der Waals surface area contributed by atoms with Gasteiger partial charge in [-0.15, -0.1) is 11.8 Å². The summed E-state index contributed by atoms with van der Waals surface area (Å²) >= 11 is 1.73. The van der Waals surface area contributed by atoms with Crippen LogP contribution in [0.2, 0.25) is 0 Å². The van der Waals surface area contributed by atoms with E-state index in [0.29, 0.717) is 0 Å². The molecule has 1 rings (SSSR count). The van der Waals surface area contributed by atoms with Crippen molar-refractivity contribution >= 4 is 11.8 Å². The van der Waals surface area contributed by atoms with Crippen LogP contribution in [0.1, 0.15) is 38.2 Å². The molecule has 17 heavy (non-hydrogen) atoms. The van der Waals surface area contributed by atoms with E-state index >= 15 is 0 Å². The van der Waals surface area contributed by atoms with Crippen molar-refractivity contribution in [1.29, 1.82) is 0 Å². The minimum Gasteiger partial charge on any atom is -0.121 e. The largest absolute Gasteiger partial charge is 0.121 e. The Morgan fingerprint density at radius 2 is 2.00 bits per heavy atom. The molecule has 0 unspecified atom stereocenters.